The van der Waals surface area contributed by atoms with Gasteiger partial charge in [-0.05, 0) is 25.8 Å². The highest BCUT2D eigenvalue weighted by Crippen LogP contribution is 2.00. The lowest BCUT2D eigenvalue weighted by Gasteiger charge is -2.17. The minimum atomic E-state index is -1.15. The van der Waals surface area contributed by atoms with Gasteiger partial charge in [-0.1, -0.05) is 6.42 Å². The quantitative estimate of drug-likeness (QED) is 0.373. The Balaban J connectivity index is 4.22. The molecular formula is C11H23N3O4S. The van der Waals surface area contributed by atoms with E-state index in [1.54, 1.807) is 0 Å². The van der Waals surface area contributed by atoms with Crippen molar-refractivity contribution in [3.8, 4) is 0 Å². The first-order valence-corrected chi connectivity index (χ1v) is 7.90. The fourth-order valence-corrected chi connectivity index (χ4v) is 2.03. The van der Waals surface area contributed by atoms with E-state index in [-0.39, 0.29) is 12.2 Å². The van der Waals surface area contributed by atoms with Crippen LogP contribution in [0.2, 0.25) is 0 Å². The molecule has 0 fully saturated rings. The minimum Gasteiger partial charge on any atom is -0.480 e. The molecule has 0 saturated carbocycles. The molecule has 6 N–H and O–H groups in total. The summed E-state index contributed by atoms with van der Waals surface area (Å²) in [5, 5.41) is 11.3. The monoisotopic (exact) mass is 293 g/mol. The smallest absolute Gasteiger partial charge is 0.326 e. The number of unbranched alkanes of at least 4 members (excludes halogenated alkanes) is 1. The van der Waals surface area contributed by atoms with E-state index >= 15 is 0 Å². The second kappa shape index (κ2) is 9.88. The van der Waals surface area contributed by atoms with E-state index < -0.39 is 34.8 Å². The predicted octanol–water partition coefficient (Wildman–Crippen LogP) is -1.22. The number of carboxylic acid groups (broad SMARTS) is 1. The van der Waals surface area contributed by atoms with Crippen LogP contribution in [0.3, 0.4) is 0 Å². The number of rotatable bonds is 10. The molecule has 0 aliphatic rings. The van der Waals surface area contributed by atoms with Gasteiger partial charge < -0.3 is 21.9 Å². The second-order valence-electron chi connectivity index (χ2n) is 4.36. The van der Waals surface area contributed by atoms with Crippen molar-refractivity contribution in [3.05, 3.63) is 0 Å². The van der Waals surface area contributed by atoms with Crippen LogP contribution in [-0.4, -0.2) is 51.8 Å². The zero-order valence-electron chi connectivity index (χ0n) is 11.1. The summed E-state index contributed by atoms with van der Waals surface area (Å²) in [5.41, 5.74) is 11.0. The van der Waals surface area contributed by atoms with Gasteiger partial charge in [0.15, 0.2) is 0 Å². The molecule has 0 spiro atoms. The van der Waals surface area contributed by atoms with Crippen LogP contribution in [0.5, 0.6) is 0 Å². The van der Waals surface area contributed by atoms with Crippen molar-refractivity contribution in [2.45, 2.75) is 37.8 Å². The fourth-order valence-electron chi connectivity index (χ4n) is 1.46. The van der Waals surface area contributed by atoms with Crippen molar-refractivity contribution in [1.29, 1.82) is 0 Å². The molecule has 3 atom stereocenters. The summed E-state index contributed by atoms with van der Waals surface area (Å²) in [4.78, 5) is 22.6. The maximum atomic E-state index is 11.7. The number of amides is 1. The number of hydrogen-bond donors (Lipinski definition) is 4. The number of carbonyl (C=O) groups is 2. The number of aliphatic carboxylic acids is 1. The lowest BCUT2D eigenvalue weighted by molar-refractivity contribution is -0.142. The van der Waals surface area contributed by atoms with E-state index in [9.17, 15) is 13.8 Å². The Labute approximate surface area is 115 Å². The summed E-state index contributed by atoms with van der Waals surface area (Å²) in [6.07, 6.45) is 3.58. The number of hydrogen-bond acceptors (Lipinski definition) is 5. The summed E-state index contributed by atoms with van der Waals surface area (Å²) >= 11 is 0. The topological polar surface area (TPSA) is 136 Å². The Hall–Kier alpha value is -0.990. The number of nitrogens with two attached hydrogens (primary N) is 2. The van der Waals surface area contributed by atoms with E-state index in [2.05, 4.69) is 5.32 Å². The molecule has 0 radical (unpaired) electrons. The van der Waals surface area contributed by atoms with Crippen molar-refractivity contribution in [3.63, 3.8) is 0 Å². The molecular weight excluding hydrogens is 270 g/mol. The van der Waals surface area contributed by atoms with E-state index in [0.717, 1.165) is 12.8 Å². The van der Waals surface area contributed by atoms with Gasteiger partial charge in [-0.3, -0.25) is 9.00 Å². The van der Waals surface area contributed by atoms with Gasteiger partial charge in [-0.25, -0.2) is 4.79 Å². The van der Waals surface area contributed by atoms with Crippen LogP contribution < -0.4 is 16.8 Å². The van der Waals surface area contributed by atoms with Crippen molar-refractivity contribution >= 4 is 22.7 Å². The van der Waals surface area contributed by atoms with Gasteiger partial charge in [-0.15, -0.1) is 0 Å². The van der Waals surface area contributed by atoms with Crippen LogP contribution in [0.15, 0.2) is 0 Å². The summed E-state index contributed by atoms with van der Waals surface area (Å²) in [5.74, 6) is -1.42. The van der Waals surface area contributed by atoms with Crippen LogP contribution in [0.1, 0.15) is 25.7 Å². The third-order valence-corrected chi connectivity index (χ3v) is 3.43. The van der Waals surface area contributed by atoms with Gasteiger partial charge in [0, 0.05) is 22.8 Å². The molecule has 7 nitrogen and oxygen atoms in total. The van der Waals surface area contributed by atoms with E-state index in [1.165, 1.54) is 6.26 Å². The summed E-state index contributed by atoms with van der Waals surface area (Å²) < 4.78 is 10.9. The molecule has 0 aliphatic heterocycles. The molecule has 0 aliphatic carbocycles. The second-order valence-corrected chi connectivity index (χ2v) is 5.91. The maximum Gasteiger partial charge on any atom is 0.326 e. The van der Waals surface area contributed by atoms with Crippen LogP contribution in [-0.2, 0) is 20.4 Å². The van der Waals surface area contributed by atoms with Gasteiger partial charge in [0.2, 0.25) is 5.91 Å². The summed E-state index contributed by atoms with van der Waals surface area (Å²) in [7, 11) is -1.09. The Morgan fingerprint density at radius 2 is 1.95 bits per heavy atom. The molecule has 0 aromatic rings. The molecule has 3 unspecified atom stereocenters. The minimum absolute atomic E-state index is 0.125. The normalized spacial score (nSPS) is 15.5. The van der Waals surface area contributed by atoms with Crippen LogP contribution in [0.4, 0.5) is 0 Å². The third kappa shape index (κ3) is 8.68. The molecule has 0 rings (SSSR count). The average Bonchev–Trinajstić information content (AvgIpc) is 2.33. The summed E-state index contributed by atoms with van der Waals surface area (Å²) in [6.45, 7) is 0.536. The Morgan fingerprint density at radius 1 is 1.32 bits per heavy atom. The molecule has 0 bridgehead atoms. The third-order valence-electron chi connectivity index (χ3n) is 2.61. The highest BCUT2D eigenvalue weighted by Gasteiger charge is 2.23. The van der Waals surface area contributed by atoms with Gasteiger partial charge in [0.1, 0.15) is 6.04 Å². The van der Waals surface area contributed by atoms with Crippen molar-refractivity contribution in [2.75, 3.05) is 18.6 Å². The van der Waals surface area contributed by atoms with Gasteiger partial charge in [-0.2, -0.15) is 0 Å². The molecule has 1 amide bonds. The molecule has 0 aromatic carbocycles. The lowest BCUT2D eigenvalue weighted by Crippen LogP contribution is -2.48. The Bertz CT molecular complexity index is 325. The Morgan fingerprint density at radius 3 is 2.42 bits per heavy atom. The molecule has 8 heteroatoms. The van der Waals surface area contributed by atoms with Gasteiger partial charge in [0.25, 0.3) is 0 Å². The van der Waals surface area contributed by atoms with E-state index in [1.807, 2.05) is 0 Å². The maximum absolute atomic E-state index is 11.7. The average molecular weight is 293 g/mol. The predicted molar refractivity (Wildman–Crippen MR) is 74.0 cm³/mol. The zero-order chi connectivity index (χ0) is 14.8. The first kappa shape index (κ1) is 18.0. The van der Waals surface area contributed by atoms with E-state index in [0.29, 0.717) is 13.0 Å². The van der Waals surface area contributed by atoms with Crippen molar-refractivity contribution in [2.24, 2.45) is 11.5 Å². The SMILES string of the molecule is CS(=O)CCC(NC(=O)C(N)CCCCN)C(=O)O. The first-order valence-electron chi connectivity index (χ1n) is 6.17. The molecule has 0 heterocycles. The van der Waals surface area contributed by atoms with Crippen LogP contribution >= 0.6 is 0 Å². The number of carbonyl (C=O) groups excluding carboxylic acids is 1. The van der Waals surface area contributed by atoms with Crippen LogP contribution in [0, 0.1) is 0 Å². The molecule has 112 valence electrons. The highest BCUT2D eigenvalue weighted by molar-refractivity contribution is 7.84. The lowest BCUT2D eigenvalue weighted by atomic mass is 10.1. The van der Waals surface area contributed by atoms with Gasteiger partial charge in [0.05, 0.1) is 6.04 Å². The highest BCUT2D eigenvalue weighted by atomic mass is 32.2. The molecule has 19 heavy (non-hydrogen) atoms. The first-order chi connectivity index (χ1) is 8.88. The zero-order valence-corrected chi connectivity index (χ0v) is 11.9. The van der Waals surface area contributed by atoms with Crippen molar-refractivity contribution in [1.82, 2.24) is 5.32 Å². The molecule has 0 aromatic heterocycles. The Kier molecular flexibility index (Phi) is 9.36. The van der Waals surface area contributed by atoms with E-state index in [4.69, 9.17) is 16.6 Å². The summed E-state index contributed by atoms with van der Waals surface area (Å²) in [6, 6.07) is -1.78. The van der Waals surface area contributed by atoms with Crippen molar-refractivity contribution < 1.29 is 18.9 Å². The number of carboxylic acids is 1. The van der Waals surface area contributed by atoms with Crippen LogP contribution in [0.25, 0.3) is 0 Å². The molecule has 0 saturated heterocycles. The number of nitrogens with one attached hydrogen (secondary N) is 1. The van der Waals surface area contributed by atoms with Gasteiger partial charge >= 0.3 is 5.97 Å². The largest absolute Gasteiger partial charge is 0.480 e. The fraction of sp³-hybridized carbons (Fsp3) is 0.818. The standard InChI is InChI=1S/C11H23N3O4S/c1-19(18)7-5-9(11(16)17)14-10(15)8(13)4-2-3-6-12/h8-9H,2-7,12-13H2,1H3,(H,14,15)(H,16,17).